The van der Waals surface area contributed by atoms with Crippen molar-refractivity contribution in [3.8, 4) is 0 Å². The highest BCUT2D eigenvalue weighted by molar-refractivity contribution is 9.10. The van der Waals surface area contributed by atoms with Crippen molar-refractivity contribution in [2.45, 2.75) is 11.4 Å². The van der Waals surface area contributed by atoms with Crippen molar-refractivity contribution in [1.29, 1.82) is 0 Å². The predicted molar refractivity (Wildman–Crippen MR) is 88.8 cm³/mol. The molecule has 0 amide bonds. The van der Waals surface area contributed by atoms with Crippen LogP contribution in [0.5, 0.6) is 0 Å². The second-order valence-corrected chi connectivity index (χ2v) is 8.06. The molecule has 3 rings (SSSR count). The number of benzene rings is 1. The normalized spacial score (nSPS) is 12.0. The lowest BCUT2D eigenvalue weighted by Crippen LogP contribution is -2.22. The van der Waals surface area contributed by atoms with Crippen LogP contribution in [-0.2, 0) is 16.6 Å². The fourth-order valence-corrected chi connectivity index (χ4v) is 4.72. The molecule has 0 aliphatic heterocycles. The van der Waals surface area contributed by atoms with E-state index in [1.165, 1.54) is 17.5 Å². The van der Waals surface area contributed by atoms with Crippen LogP contribution in [0.4, 0.5) is 5.69 Å². The van der Waals surface area contributed by atoms with Crippen molar-refractivity contribution < 1.29 is 8.42 Å². The van der Waals surface area contributed by atoms with Crippen LogP contribution in [0.1, 0.15) is 4.88 Å². The molecule has 0 saturated carbocycles. The van der Waals surface area contributed by atoms with Gasteiger partial charge in [-0.15, -0.1) is 11.3 Å². The summed E-state index contributed by atoms with van der Waals surface area (Å²) in [7, 11) is -3.59. The quantitative estimate of drug-likeness (QED) is 0.603. The Labute approximate surface area is 134 Å². The molecule has 3 aromatic rings. The first-order chi connectivity index (χ1) is 9.97. The van der Waals surface area contributed by atoms with Gasteiger partial charge in [0.2, 0.25) is 10.0 Å². The lowest BCUT2D eigenvalue weighted by atomic mass is 10.2. The molecule has 1 aromatic carbocycles. The lowest BCUT2D eigenvalue weighted by Gasteiger charge is -2.05. The smallest absolute Gasteiger partial charge is 0.243 e. The van der Waals surface area contributed by atoms with Crippen LogP contribution < -0.4 is 10.5 Å². The molecule has 5 nitrogen and oxygen atoms in total. The number of sulfonamides is 1. The summed E-state index contributed by atoms with van der Waals surface area (Å²) in [6.45, 7) is 0.252. The summed E-state index contributed by atoms with van der Waals surface area (Å²) in [6, 6.07) is 6.99. The van der Waals surface area contributed by atoms with Gasteiger partial charge in [-0.05, 0) is 45.6 Å². The maximum atomic E-state index is 12.4. The molecule has 0 aliphatic carbocycles. The van der Waals surface area contributed by atoms with Gasteiger partial charge in [0, 0.05) is 38.7 Å². The number of fused-ring (bicyclic) bond motifs is 1. The van der Waals surface area contributed by atoms with Crippen LogP contribution in [0.15, 0.2) is 45.2 Å². The molecule has 2 aromatic heterocycles. The van der Waals surface area contributed by atoms with Crippen molar-refractivity contribution in [3.05, 3.63) is 45.2 Å². The molecule has 8 heteroatoms. The van der Waals surface area contributed by atoms with Crippen LogP contribution in [0.3, 0.4) is 0 Å². The standard InChI is InChI=1S/C13H12BrN3O2S2/c14-10-3-4-20-12(10)6-17-21(18,19)13-7-16-11-5-8(15)1-2-9(11)13/h1-5,7,16-17H,6,15H2. The molecule has 0 saturated heterocycles. The van der Waals surface area contributed by atoms with Crippen molar-refractivity contribution in [3.63, 3.8) is 0 Å². The van der Waals surface area contributed by atoms with Crippen LogP contribution in [-0.4, -0.2) is 13.4 Å². The van der Waals surface area contributed by atoms with Crippen molar-refractivity contribution in [1.82, 2.24) is 9.71 Å². The number of thiophene rings is 1. The minimum absolute atomic E-state index is 0.227. The van der Waals surface area contributed by atoms with Crippen LogP contribution in [0.2, 0.25) is 0 Å². The topological polar surface area (TPSA) is 88.0 Å². The Kier molecular flexibility index (Phi) is 3.78. The van der Waals surface area contributed by atoms with E-state index in [1.807, 2.05) is 11.4 Å². The number of rotatable bonds is 4. The van der Waals surface area contributed by atoms with Crippen molar-refractivity contribution >= 4 is 53.9 Å². The molecule has 0 atom stereocenters. The summed E-state index contributed by atoms with van der Waals surface area (Å²) in [5.74, 6) is 0. The monoisotopic (exact) mass is 385 g/mol. The lowest BCUT2D eigenvalue weighted by molar-refractivity contribution is 0.582. The molecule has 0 spiro atoms. The molecule has 0 fully saturated rings. The average molecular weight is 386 g/mol. The Balaban J connectivity index is 1.91. The average Bonchev–Trinajstić information content (AvgIpc) is 3.02. The van der Waals surface area contributed by atoms with Crippen molar-refractivity contribution in [2.75, 3.05) is 5.73 Å². The maximum Gasteiger partial charge on any atom is 0.243 e. The highest BCUT2D eigenvalue weighted by atomic mass is 79.9. The Morgan fingerprint density at radius 3 is 2.86 bits per heavy atom. The molecule has 4 N–H and O–H groups in total. The number of hydrogen-bond donors (Lipinski definition) is 3. The molecule has 21 heavy (non-hydrogen) atoms. The molecule has 110 valence electrons. The Morgan fingerprint density at radius 1 is 1.33 bits per heavy atom. The van der Waals surface area contributed by atoms with E-state index in [4.69, 9.17) is 5.73 Å². The van der Waals surface area contributed by atoms with Crippen molar-refractivity contribution in [2.24, 2.45) is 0 Å². The Hall–Kier alpha value is -1.35. The third-order valence-corrected chi connectivity index (χ3v) is 6.44. The number of aromatic amines is 1. The van der Waals surface area contributed by atoms with Crippen LogP contribution in [0, 0.1) is 0 Å². The first kappa shape index (κ1) is 14.6. The highest BCUT2D eigenvalue weighted by Crippen LogP contribution is 2.26. The summed E-state index contributed by atoms with van der Waals surface area (Å²) in [5.41, 5.74) is 6.98. The molecular formula is C13H12BrN3O2S2. The summed E-state index contributed by atoms with van der Waals surface area (Å²) in [5, 5.41) is 2.53. The van der Waals surface area contributed by atoms with Gasteiger partial charge in [-0.1, -0.05) is 0 Å². The number of nitrogen functional groups attached to an aromatic ring is 1. The Morgan fingerprint density at radius 2 is 2.14 bits per heavy atom. The van der Waals surface area contributed by atoms with Gasteiger partial charge in [-0.3, -0.25) is 0 Å². The van der Waals surface area contributed by atoms with E-state index in [0.717, 1.165) is 9.35 Å². The fourth-order valence-electron chi connectivity index (χ4n) is 2.03. The third kappa shape index (κ3) is 2.84. The van der Waals surface area contributed by atoms with E-state index < -0.39 is 10.0 Å². The predicted octanol–water partition coefficient (Wildman–Crippen LogP) is 3.05. The summed E-state index contributed by atoms with van der Waals surface area (Å²) in [6.07, 6.45) is 1.48. The SMILES string of the molecule is Nc1ccc2c(S(=O)(=O)NCc3sccc3Br)c[nH]c2c1. The van der Waals surface area contributed by atoms with Gasteiger partial charge in [-0.2, -0.15) is 0 Å². The van der Waals surface area contributed by atoms with E-state index in [9.17, 15) is 8.42 Å². The van der Waals surface area contributed by atoms with Gasteiger partial charge >= 0.3 is 0 Å². The van der Waals surface area contributed by atoms with Gasteiger partial charge in [0.15, 0.2) is 0 Å². The number of halogens is 1. The molecule has 0 unspecified atom stereocenters. The van der Waals surface area contributed by atoms with Crippen LogP contribution in [0.25, 0.3) is 10.9 Å². The summed E-state index contributed by atoms with van der Waals surface area (Å²) < 4.78 is 28.4. The van der Waals surface area contributed by atoms with E-state index in [1.54, 1.807) is 18.2 Å². The molecule has 0 radical (unpaired) electrons. The second kappa shape index (κ2) is 5.45. The molecular weight excluding hydrogens is 374 g/mol. The molecule has 0 aliphatic rings. The second-order valence-electron chi connectivity index (χ2n) is 4.47. The van der Waals surface area contributed by atoms with Gasteiger partial charge in [-0.25, -0.2) is 13.1 Å². The van der Waals surface area contributed by atoms with Gasteiger partial charge in [0.05, 0.1) is 0 Å². The highest BCUT2D eigenvalue weighted by Gasteiger charge is 2.19. The largest absolute Gasteiger partial charge is 0.399 e. The van der Waals surface area contributed by atoms with Gasteiger partial charge in [0.1, 0.15) is 4.90 Å². The Bertz CT molecular complexity index is 899. The number of aromatic nitrogens is 1. The summed E-state index contributed by atoms with van der Waals surface area (Å²) >= 11 is 4.88. The number of hydrogen-bond acceptors (Lipinski definition) is 4. The molecule has 2 heterocycles. The first-order valence-corrected chi connectivity index (χ1v) is 9.21. The zero-order valence-electron chi connectivity index (χ0n) is 10.8. The zero-order valence-corrected chi connectivity index (χ0v) is 14.0. The number of anilines is 1. The van der Waals surface area contributed by atoms with E-state index >= 15 is 0 Å². The van der Waals surface area contributed by atoms with Gasteiger partial charge < -0.3 is 10.7 Å². The number of nitrogens with two attached hydrogens (primary N) is 1. The van der Waals surface area contributed by atoms with E-state index in [2.05, 4.69) is 25.6 Å². The minimum atomic E-state index is -3.59. The molecule has 0 bridgehead atoms. The zero-order chi connectivity index (χ0) is 15.0. The fraction of sp³-hybridized carbons (Fsp3) is 0.0769. The first-order valence-electron chi connectivity index (χ1n) is 6.05. The van der Waals surface area contributed by atoms with E-state index in [-0.39, 0.29) is 11.4 Å². The third-order valence-electron chi connectivity index (χ3n) is 3.07. The van der Waals surface area contributed by atoms with E-state index in [0.29, 0.717) is 16.6 Å². The number of nitrogens with one attached hydrogen (secondary N) is 2. The van der Waals surface area contributed by atoms with Gasteiger partial charge in [0.25, 0.3) is 0 Å². The maximum absolute atomic E-state index is 12.4. The summed E-state index contributed by atoms with van der Waals surface area (Å²) in [4.78, 5) is 4.09. The number of H-pyrrole nitrogens is 1. The minimum Gasteiger partial charge on any atom is -0.399 e. The van der Waals surface area contributed by atoms with Crippen LogP contribution >= 0.6 is 27.3 Å².